The standard InChI is InChI=1S/C20H37NO2/c1-7-16-12-17(14(2)3)21(13-16)19(22)18(15(4)5)20(6)8-10-23-11-9-20/h14-18H,7-13H2,1-6H3/t16?,17-,18?/m0/s1. The summed E-state index contributed by atoms with van der Waals surface area (Å²) in [6.45, 7) is 16.1. The number of nitrogens with zero attached hydrogens (tertiary/aromatic N) is 1. The molecule has 2 heterocycles. The van der Waals surface area contributed by atoms with E-state index in [1.54, 1.807) is 0 Å². The Morgan fingerprint density at radius 1 is 1.22 bits per heavy atom. The van der Waals surface area contributed by atoms with E-state index in [-0.39, 0.29) is 11.3 Å². The fourth-order valence-electron chi connectivity index (χ4n) is 4.85. The molecule has 0 aromatic rings. The molecule has 3 heteroatoms. The van der Waals surface area contributed by atoms with E-state index in [1.807, 2.05) is 0 Å². The predicted molar refractivity (Wildman–Crippen MR) is 95.2 cm³/mol. The summed E-state index contributed by atoms with van der Waals surface area (Å²) in [7, 11) is 0. The van der Waals surface area contributed by atoms with Gasteiger partial charge in [0.05, 0.1) is 0 Å². The molecule has 2 aliphatic rings. The second-order valence-electron chi connectivity index (χ2n) is 8.80. The van der Waals surface area contributed by atoms with Gasteiger partial charge in [-0.2, -0.15) is 0 Å². The van der Waals surface area contributed by atoms with Crippen molar-refractivity contribution in [1.29, 1.82) is 0 Å². The van der Waals surface area contributed by atoms with E-state index < -0.39 is 0 Å². The van der Waals surface area contributed by atoms with Crippen molar-refractivity contribution in [2.75, 3.05) is 19.8 Å². The Kier molecular flexibility index (Phi) is 6.16. The molecule has 2 aliphatic heterocycles. The van der Waals surface area contributed by atoms with Crippen molar-refractivity contribution in [1.82, 2.24) is 4.90 Å². The topological polar surface area (TPSA) is 29.5 Å². The SMILES string of the molecule is CCC1C[C@@H](C(C)C)N(C(=O)C(C(C)C)C2(C)CCOCC2)C1. The molecule has 134 valence electrons. The molecular formula is C20H37NO2. The largest absolute Gasteiger partial charge is 0.381 e. The number of hydrogen-bond donors (Lipinski definition) is 0. The summed E-state index contributed by atoms with van der Waals surface area (Å²) in [6.07, 6.45) is 4.40. The van der Waals surface area contributed by atoms with Crippen LogP contribution >= 0.6 is 0 Å². The monoisotopic (exact) mass is 323 g/mol. The van der Waals surface area contributed by atoms with E-state index in [9.17, 15) is 4.79 Å². The van der Waals surface area contributed by atoms with Crippen molar-refractivity contribution in [3.63, 3.8) is 0 Å². The van der Waals surface area contributed by atoms with Gasteiger partial charge < -0.3 is 9.64 Å². The van der Waals surface area contributed by atoms with Gasteiger partial charge >= 0.3 is 0 Å². The maximum absolute atomic E-state index is 13.6. The van der Waals surface area contributed by atoms with Crippen molar-refractivity contribution in [2.45, 2.75) is 73.3 Å². The van der Waals surface area contributed by atoms with Crippen molar-refractivity contribution >= 4 is 5.91 Å². The van der Waals surface area contributed by atoms with Crippen LogP contribution < -0.4 is 0 Å². The first-order valence-corrected chi connectivity index (χ1v) is 9.68. The minimum atomic E-state index is 0.0926. The molecule has 0 spiro atoms. The number of ether oxygens (including phenoxy) is 1. The molecule has 2 unspecified atom stereocenters. The van der Waals surface area contributed by atoms with Crippen LogP contribution in [0, 0.1) is 29.1 Å². The summed E-state index contributed by atoms with van der Waals surface area (Å²) in [4.78, 5) is 15.8. The number of carbonyl (C=O) groups is 1. The van der Waals surface area contributed by atoms with E-state index in [0.29, 0.717) is 29.7 Å². The van der Waals surface area contributed by atoms with Gasteiger partial charge in [0.2, 0.25) is 5.91 Å². The highest BCUT2D eigenvalue weighted by molar-refractivity contribution is 5.80. The zero-order valence-electron chi connectivity index (χ0n) is 16.1. The summed E-state index contributed by atoms with van der Waals surface area (Å²) in [6, 6.07) is 0.428. The number of rotatable bonds is 5. The molecule has 0 aliphatic carbocycles. The average Bonchev–Trinajstić information content (AvgIpc) is 2.92. The summed E-state index contributed by atoms with van der Waals surface area (Å²) in [5, 5.41) is 0. The Hall–Kier alpha value is -0.570. The lowest BCUT2D eigenvalue weighted by molar-refractivity contribution is -0.147. The Morgan fingerprint density at radius 3 is 2.30 bits per heavy atom. The summed E-state index contributed by atoms with van der Waals surface area (Å²) in [5.74, 6) is 2.16. The third-order valence-corrected chi connectivity index (χ3v) is 6.38. The first kappa shape index (κ1) is 18.8. The highest BCUT2D eigenvalue weighted by Crippen LogP contribution is 2.44. The minimum absolute atomic E-state index is 0.0926. The molecule has 0 N–H and O–H groups in total. The van der Waals surface area contributed by atoms with Gasteiger partial charge in [0.15, 0.2) is 0 Å². The highest BCUT2D eigenvalue weighted by Gasteiger charge is 2.46. The Bertz CT molecular complexity index is 398. The van der Waals surface area contributed by atoms with Crippen LogP contribution in [0.4, 0.5) is 0 Å². The molecule has 3 atom stereocenters. The molecule has 23 heavy (non-hydrogen) atoms. The number of hydrogen-bond acceptors (Lipinski definition) is 2. The fourth-order valence-corrected chi connectivity index (χ4v) is 4.85. The van der Waals surface area contributed by atoms with E-state index in [0.717, 1.165) is 32.6 Å². The van der Waals surface area contributed by atoms with Gasteiger partial charge in [-0.3, -0.25) is 4.79 Å². The van der Waals surface area contributed by atoms with Crippen LogP contribution in [0.15, 0.2) is 0 Å². The summed E-state index contributed by atoms with van der Waals surface area (Å²) < 4.78 is 5.57. The third kappa shape index (κ3) is 3.92. The average molecular weight is 324 g/mol. The first-order chi connectivity index (χ1) is 10.8. The smallest absolute Gasteiger partial charge is 0.226 e. The van der Waals surface area contributed by atoms with Crippen LogP contribution in [0.25, 0.3) is 0 Å². The zero-order chi connectivity index (χ0) is 17.2. The van der Waals surface area contributed by atoms with Crippen molar-refractivity contribution in [2.24, 2.45) is 29.1 Å². The van der Waals surface area contributed by atoms with Crippen molar-refractivity contribution in [3.8, 4) is 0 Å². The molecular weight excluding hydrogens is 286 g/mol. The number of carbonyl (C=O) groups excluding carboxylic acids is 1. The third-order valence-electron chi connectivity index (χ3n) is 6.38. The molecule has 1 amide bonds. The fraction of sp³-hybridized carbons (Fsp3) is 0.950. The van der Waals surface area contributed by atoms with Crippen LogP contribution in [0.1, 0.15) is 67.2 Å². The normalized spacial score (nSPS) is 29.3. The maximum atomic E-state index is 13.6. The molecule has 2 rings (SSSR count). The molecule has 0 aromatic heterocycles. The van der Waals surface area contributed by atoms with E-state index >= 15 is 0 Å². The Morgan fingerprint density at radius 2 is 1.83 bits per heavy atom. The zero-order valence-corrected chi connectivity index (χ0v) is 16.1. The van der Waals surface area contributed by atoms with Gasteiger partial charge in [-0.05, 0) is 42.4 Å². The molecule has 0 bridgehead atoms. The van der Waals surface area contributed by atoms with E-state index in [4.69, 9.17) is 4.74 Å². The van der Waals surface area contributed by atoms with Crippen LogP contribution in [-0.4, -0.2) is 36.6 Å². The van der Waals surface area contributed by atoms with Crippen LogP contribution in [-0.2, 0) is 9.53 Å². The Balaban J connectivity index is 2.23. The number of likely N-dealkylation sites (tertiary alicyclic amines) is 1. The molecule has 0 aromatic carbocycles. The highest BCUT2D eigenvalue weighted by atomic mass is 16.5. The van der Waals surface area contributed by atoms with E-state index in [1.165, 1.54) is 12.8 Å². The molecule has 0 radical (unpaired) electrons. The predicted octanol–water partition coefficient (Wildman–Crippen LogP) is 4.36. The summed E-state index contributed by atoms with van der Waals surface area (Å²) in [5.41, 5.74) is 0.0926. The van der Waals surface area contributed by atoms with Gasteiger partial charge in [0.1, 0.15) is 0 Å². The van der Waals surface area contributed by atoms with Crippen molar-refractivity contribution < 1.29 is 9.53 Å². The summed E-state index contributed by atoms with van der Waals surface area (Å²) >= 11 is 0. The molecule has 2 fully saturated rings. The Labute approximate surface area is 143 Å². The van der Waals surface area contributed by atoms with Crippen LogP contribution in [0.3, 0.4) is 0 Å². The molecule has 2 saturated heterocycles. The van der Waals surface area contributed by atoms with Gasteiger partial charge in [-0.1, -0.05) is 48.0 Å². The van der Waals surface area contributed by atoms with Crippen molar-refractivity contribution in [3.05, 3.63) is 0 Å². The van der Waals surface area contributed by atoms with E-state index in [2.05, 4.69) is 46.4 Å². The van der Waals surface area contributed by atoms with Gasteiger partial charge in [-0.25, -0.2) is 0 Å². The lowest BCUT2D eigenvalue weighted by atomic mass is 9.66. The van der Waals surface area contributed by atoms with Gasteiger partial charge in [-0.15, -0.1) is 0 Å². The van der Waals surface area contributed by atoms with Gasteiger partial charge in [0, 0.05) is 31.7 Å². The van der Waals surface area contributed by atoms with Crippen LogP contribution in [0.2, 0.25) is 0 Å². The quantitative estimate of drug-likeness (QED) is 0.752. The lowest BCUT2D eigenvalue weighted by Gasteiger charge is -2.44. The maximum Gasteiger partial charge on any atom is 0.226 e. The second-order valence-corrected chi connectivity index (χ2v) is 8.80. The molecule has 3 nitrogen and oxygen atoms in total. The van der Waals surface area contributed by atoms with Gasteiger partial charge in [0.25, 0.3) is 0 Å². The second kappa shape index (κ2) is 7.55. The van der Waals surface area contributed by atoms with Crippen LogP contribution in [0.5, 0.6) is 0 Å². The number of amides is 1. The lowest BCUT2D eigenvalue weighted by Crippen LogP contribution is -2.50. The first-order valence-electron chi connectivity index (χ1n) is 9.68. The molecule has 0 saturated carbocycles. The minimum Gasteiger partial charge on any atom is -0.381 e.